The highest BCUT2D eigenvalue weighted by atomic mass is 19.1. The number of hydrogen-bond donors (Lipinski definition) is 1. The van der Waals surface area contributed by atoms with E-state index in [1.54, 1.807) is 12.1 Å². The summed E-state index contributed by atoms with van der Waals surface area (Å²) in [5, 5.41) is 3.53. The van der Waals surface area contributed by atoms with Crippen molar-refractivity contribution < 1.29 is 9.13 Å². The summed E-state index contributed by atoms with van der Waals surface area (Å²) in [7, 11) is 1.49. The van der Waals surface area contributed by atoms with Crippen LogP contribution in [0.1, 0.15) is 46.6 Å². The lowest BCUT2D eigenvalue weighted by atomic mass is 9.85. The molecule has 0 atom stereocenters. The molecule has 1 aromatic rings. The molecular weight excluding hydrogens is 253 g/mol. The van der Waals surface area contributed by atoms with Gasteiger partial charge >= 0.3 is 0 Å². The largest absolute Gasteiger partial charge is 0.494 e. The van der Waals surface area contributed by atoms with Gasteiger partial charge in [-0.05, 0) is 56.7 Å². The van der Waals surface area contributed by atoms with E-state index in [0.29, 0.717) is 5.75 Å². The third-order valence-corrected chi connectivity index (χ3v) is 3.40. The summed E-state index contributed by atoms with van der Waals surface area (Å²) in [5.74, 6) is 0.0260. The van der Waals surface area contributed by atoms with E-state index in [-0.39, 0.29) is 16.8 Å². The molecule has 1 N–H and O–H groups in total. The molecule has 0 bridgehead atoms. The molecule has 1 aromatic carbocycles. The third-order valence-electron chi connectivity index (χ3n) is 3.40. The van der Waals surface area contributed by atoms with Gasteiger partial charge in [0, 0.05) is 12.1 Å². The zero-order valence-electron chi connectivity index (χ0n) is 13.6. The third kappa shape index (κ3) is 5.91. The van der Waals surface area contributed by atoms with Crippen molar-refractivity contribution in [2.75, 3.05) is 13.7 Å². The van der Waals surface area contributed by atoms with E-state index in [4.69, 9.17) is 4.74 Å². The molecule has 0 unspecified atom stereocenters. The summed E-state index contributed by atoms with van der Waals surface area (Å²) in [6.45, 7) is 11.9. The number of aryl methyl sites for hydroxylation is 1. The Balaban J connectivity index is 2.55. The standard InChI is InChI=1S/C17H28FNO/c1-16(2,3)19-12-17(4,5)10-9-13-7-8-15(20-6)14(18)11-13/h7-8,11,19H,9-10,12H2,1-6H3. The molecular formula is C17H28FNO. The first-order chi connectivity index (χ1) is 9.13. The number of hydrogen-bond acceptors (Lipinski definition) is 2. The summed E-state index contributed by atoms with van der Waals surface area (Å²) in [5.41, 5.74) is 1.33. The van der Waals surface area contributed by atoms with Crippen LogP contribution in [0.2, 0.25) is 0 Å². The average Bonchev–Trinajstić information content (AvgIpc) is 2.34. The normalized spacial score (nSPS) is 12.6. The fourth-order valence-electron chi connectivity index (χ4n) is 1.94. The maximum absolute atomic E-state index is 13.6. The van der Waals surface area contributed by atoms with E-state index < -0.39 is 0 Å². The highest BCUT2D eigenvalue weighted by Gasteiger charge is 2.20. The maximum atomic E-state index is 13.6. The first kappa shape index (κ1) is 17.0. The van der Waals surface area contributed by atoms with Crippen LogP contribution in [-0.2, 0) is 6.42 Å². The second-order valence-corrected chi connectivity index (χ2v) is 7.24. The summed E-state index contributed by atoms with van der Waals surface area (Å²) < 4.78 is 18.6. The molecule has 0 spiro atoms. The minimum absolute atomic E-state index is 0.128. The van der Waals surface area contributed by atoms with Crippen LogP contribution in [0.15, 0.2) is 18.2 Å². The van der Waals surface area contributed by atoms with Gasteiger partial charge in [-0.2, -0.15) is 0 Å². The van der Waals surface area contributed by atoms with Crippen LogP contribution in [0, 0.1) is 11.2 Å². The molecule has 0 amide bonds. The van der Waals surface area contributed by atoms with E-state index in [2.05, 4.69) is 39.9 Å². The van der Waals surface area contributed by atoms with E-state index in [1.165, 1.54) is 7.11 Å². The molecule has 0 aliphatic heterocycles. The van der Waals surface area contributed by atoms with Gasteiger partial charge in [0.05, 0.1) is 7.11 Å². The Morgan fingerprint density at radius 3 is 2.30 bits per heavy atom. The quantitative estimate of drug-likeness (QED) is 0.844. The van der Waals surface area contributed by atoms with Crippen LogP contribution in [0.25, 0.3) is 0 Å². The minimum atomic E-state index is -0.282. The van der Waals surface area contributed by atoms with Gasteiger partial charge in [-0.25, -0.2) is 4.39 Å². The van der Waals surface area contributed by atoms with Crippen molar-refractivity contribution in [2.24, 2.45) is 5.41 Å². The van der Waals surface area contributed by atoms with Crippen molar-refractivity contribution in [1.82, 2.24) is 5.32 Å². The van der Waals surface area contributed by atoms with Crippen LogP contribution in [0.4, 0.5) is 4.39 Å². The topological polar surface area (TPSA) is 21.3 Å². The molecule has 0 saturated heterocycles. The van der Waals surface area contributed by atoms with Gasteiger partial charge in [-0.15, -0.1) is 0 Å². The molecule has 0 radical (unpaired) electrons. The Hall–Kier alpha value is -1.09. The summed E-state index contributed by atoms with van der Waals surface area (Å²) in [6, 6.07) is 5.21. The number of nitrogens with one attached hydrogen (secondary N) is 1. The number of benzene rings is 1. The fourth-order valence-corrected chi connectivity index (χ4v) is 1.94. The van der Waals surface area contributed by atoms with Gasteiger partial charge in [-0.3, -0.25) is 0 Å². The Kier molecular flexibility index (Phi) is 5.58. The van der Waals surface area contributed by atoms with Gasteiger partial charge in [0.15, 0.2) is 11.6 Å². The van der Waals surface area contributed by atoms with E-state index in [9.17, 15) is 4.39 Å². The molecule has 0 aromatic heterocycles. The monoisotopic (exact) mass is 281 g/mol. The lowest BCUT2D eigenvalue weighted by molar-refractivity contribution is 0.273. The molecule has 0 saturated carbocycles. The number of rotatable bonds is 6. The molecule has 3 heteroatoms. The molecule has 0 aliphatic rings. The Labute approximate surface area is 122 Å². The van der Waals surface area contributed by atoms with Gasteiger partial charge in [0.1, 0.15) is 0 Å². The highest BCUT2D eigenvalue weighted by molar-refractivity contribution is 5.29. The van der Waals surface area contributed by atoms with E-state index >= 15 is 0 Å². The Bertz CT molecular complexity index is 435. The predicted octanol–water partition coefficient (Wildman–Crippen LogP) is 4.18. The van der Waals surface area contributed by atoms with Crippen LogP contribution in [-0.4, -0.2) is 19.2 Å². The fraction of sp³-hybridized carbons (Fsp3) is 0.647. The zero-order chi connectivity index (χ0) is 15.4. The smallest absolute Gasteiger partial charge is 0.165 e. The Morgan fingerprint density at radius 1 is 1.15 bits per heavy atom. The first-order valence-electron chi connectivity index (χ1n) is 7.20. The average molecular weight is 281 g/mol. The van der Waals surface area contributed by atoms with E-state index in [0.717, 1.165) is 24.9 Å². The lowest BCUT2D eigenvalue weighted by Crippen LogP contribution is -2.42. The van der Waals surface area contributed by atoms with Crippen LogP contribution >= 0.6 is 0 Å². The summed E-state index contributed by atoms with van der Waals surface area (Å²) in [4.78, 5) is 0. The minimum Gasteiger partial charge on any atom is -0.494 e. The maximum Gasteiger partial charge on any atom is 0.165 e. The van der Waals surface area contributed by atoms with Crippen molar-refractivity contribution in [1.29, 1.82) is 0 Å². The Morgan fingerprint density at radius 2 is 1.80 bits per heavy atom. The van der Waals surface area contributed by atoms with Gasteiger partial charge in [-0.1, -0.05) is 19.9 Å². The highest BCUT2D eigenvalue weighted by Crippen LogP contribution is 2.25. The zero-order valence-corrected chi connectivity index (χ0v) is 13.6. The first-order valence-corrected chi connectivity index (χ1v) is 7.20. The molecule has 1 rings (SSSR count). The lowest BCUT2D eigenvalue weighted by Gasteiger charge is -2.30. The number of halogens is 1. The molecule has 0 fully saturated rings. The number of methoxy groups -OCH3 is 1. The van der Waals surface area contributed by atoms with Crippen LogP contribution < -0.4 is 10.1 Å². The summed E-state index contributed by atoms with van der Waals surface area (Å²) in [6.07, 6.45) is 1.89. The predicted molar refractivity (Wildman–Crippen MR) is 82.8 cm³/mol. The summed E-state index contributed by atoms with van der Waals surface area (Å²) >= 11 is 0. The second kappa shape index (κ2) is 6.57. The van der Waals surface area contributed by atoms with Crippen LogP contribution in [0.5, 0.6) is 5.75 Å². The van der Waals surface area contributed by atoms with Crippen molar-refractivity contribution >= 4 is 0 Å². The van der Waals surface area contributed by atoms with E-state index in [1.807, 2.05) is 6.07 Å². The van der Waals surface area contributed by atoms with Crippen molar-refractivity contribution in [3.05, 3.63) is 29.6 Å². The SMILES string of the molecule is COc1ccc(CCC(C)(C)CNC(C)(C)C)cc1F. The van der Waals surface area contributed by atoms with Crippen molar-refractivity contribution in [3.8, 4) is 5.75 Å². The van der Waals surface area contributed by atoms with Crippen molar-refractivity contribution in [3.63, 3.8) is 0 Å². The van der Waals surface area contributed by atoms with Crippen molar-refractivity contribution in [2.45, 2.75) is 53.0 Å². The van der Waals surface area contributed by atoms with Gasteiger partial charge < -0.3 is 10.1 Å². The van der Waals surface area contributed by atoms with Crippen LogP contribution in [0.3, 0.4) is 0 Å². The molecule has 20 heavy (non-hydrogen) atoms. The molecule has 0 heterocycles. The van der Waals surface area contributed by atoms with Gasteiger partial charge in [0.2, 0.25) is 0 Å². The second-order valence-electron chi connectivity index (χ2n) is 7.24. The number of ether oxygens (including phenoxy) is 1. The molecule has 114 valence electrons. The molecule has 0 aliphatic carbocycles. The molecule has 2 nitrogen and oxygen atoms in total. The van der Waals surface area contributed by atoms with Gasteiger partial charge in [0.25, 0.3) is 0 Å².